The van der Waals surface area contributed by atoms with Gasteiger partial charge in [0.05, 0.1) is 23.2 Å². The van der Waals surface area contributed by atoms with Crippen LogP contribution in [0.25, 0.3) is 11.6 Å². The Morgan fingerprint density at radius 2 is 1.94 bits per heavy atom. The number of likely N-dealkylation sites (N-methyl/N-ethyl adjacent to an activating group) is 1. The molecule has 2 heterocycles. The van der Waals surface area contributed by atoms with Crippen molar-refractivity contribution >= 4 is 45.9 Å². The quantitative estimate of drug-likeness (QED) is 0.604. The Bertz CT molecular complexity index is 1160. The molecule has 0 unspecified atom stereocenters. The molecule has 1 saturated heterocycles. The molecule has 32 heavy (non-hydrogen) atoms. The molecule has 5 nitrogen and oxygen atoms in total. The number of aryl methyl sites for hydroxylation is 1. The summed E-state index contributed by atoms with van der Waals surface area (Å²) in [4.78, 5) is 20.1. The molecule has 0 aliphatic carbocycles. The van der Waals surface area contributed by atoms with Crippen molar-refractivity contribution in [3.05, 3.63) is 64.1 Å². The summed E-state index contributed by atoms with van der Waals surface area (Å²) in [5, 5.41) is 3.46. The van der Waals surface area contributed by atoms with Crippen molar-refractivity contribution in [3.8, 4) is 5.75 Å². The second kappa shape index (κ2) is 8.51. The topological polar surface area (TPSA) is 53.9 Å². The number of thioether (sulfide) groups is 1. The molecule has 1 amide bonds. The van der Waals surface area contributed by atoms with E-state index in [9.17, 15) is 4.79 Å². The van der Waals surface area contributed by atoms with Gasteiger partial charge in [0.15, 0.2) is 5.17 Å². The smallest absolute Gasteiger partial charge is 0.264 e. The highest BCUT2D eigenvalue weighted by Gasteiger charge is 2.30. The molecule has 2 aliphatic heterocycles. The minimum Gasteiger partial charge on any atom is -0.496 e. The molecule has 0 atom stereocenters. The number of fused-ring (bicyclic) bond motifs is 1. The predicted octanol–water partition coefficient (Wildman–Crippen LogP) is 5.78. The molecule has 0 bridgehead atoms. The number of nitrogens with one attached hydrogen (secondary N) is 1. The number of amides is 1. The lowest BCUT2D eigenvalue weighted by atomic mass is 9.88. The van der Waals surface area contributed by atoms with Crippen LogP contribution in [0.3, 0.4) is 0 Å². The molecule has 0 spiro atoms. The number of rotatable bonds is 4. The molecule has 6 heteroatoms. The molecule has 2 aromatic carbocycles. The first-order valence-electron chi connectivity index (χ1n) is 10.8. The van der Waals surface area contributed by atoms with E-state index >= 15 is 0 Å². The maximum atomic E-state index is 12.6. The maximum Gasteiger partial charge on any atom is 0.264 e. The van der Waals surface area contributed by atoms with Crippen LogP contribution >= 0.6 is 11.8 Å². The summed E-state index contributed by atoms with van der Waals surface area (Å²) in [6.07, 6.45) is 5.14. The molecule has 0 radical (unpaired) electrons. The highest BCUT2D eigenvalue weighted by molar-refractivity contribution is 8.18. The summed E-state index contributed by atoms with van der Waals surface area (Å²) in [6.45, 7) is 8.63. The zero-order valence-electron chi connectivity index (χ0n) is 19.4. The number of ether oxygens (including phenoxy) is 1. The Labute approximate surface area is 194 Å². The highest BCUT2D eigenvalue weighted by Crippen LogP contribution is 2.42. The standard InChI is InChI=1S/C26H29N3O2S/c1-7-17-8-10-19(11-9-17)27-25-28-24(30)23(32-25)13-18-12-20-16(2)15-26(3,4)29(5)21(20)14-22(18)31-6/h8-15H,7H2,1-6H3,(H,27,28,30)/b23-13+. The van der Waals surface area contributed by atoms with Gasteiger partial charge in [-0.05, 0) is 74.4 Å². The number of anilines is 1. The van der Waals surface area contributed by atoms with Gasteiger partial charge in [0.2, 0.25) is 0 Å². The minimum atomic E-state index is -0.149. The van der Waals surface area contributed by atoms with E-state index in [0.29, 0.717) is 10.1 Å². The van der Waals surface area contributed by atoms with E-state index in [1.807, 2.05) is 18.2 Å². The summed E-state index contributed by atoms with van der Waals surface area (Å²) >= 11 is 1.35. The van der Waals surface area contributed by atoms with E-state index in [0.717, 1.165) is 34.7 Å². The van der Waals surface area contributed by atoms with E-state index in [-0.39, 0.29) is 11.4 Å². The fourth-order valence-corrected chi connectivity index (χ4v) is 4.86. The molecule has 166 valence electrons. The van der Waals surface area contributed by atoms with Crippen molar-refractivity contribution < 1.29 is 9.53 Å². The summed E-state index contributed by atoms with van der Waals surface area (Å²) < 4.78 is 5.69. The molecular formula is C26H29N3O2S. The number of carbonyl (C=O) groups excluding carboxylic acids is 1. The van der Waals surface area contributed by atoms with Gasteiger partial charge in [0, 0.05) is 29.9 Å². The first-order valence-corrected chi connectivity index (χ1v) is 11.6. The van der Waals surface area contributed by atoms with E-state index in [2.05, 4.69) is 80.3 Å². The van der Waals surface area contributed by atoms with Crippen molar-refractivity contribution in [2.45, 2.75) is 39.7 Å². The Hall–Kier alpha value is -2.99. The monoisotopic (exact) mass is 447 g/mol. The van der Waals surface area contributed by atoms with Crippen LogP contribution in [-0.2, 0) is 11.2 Å². The molecule has 2 aromatic rings. The summed E-state index contributed by atoms with van der Waals surface area (Å²) in [5.74, 6) is 0.590. The number of amidine groups is 1. The summed E-state index contributed by atoms with van der Waals surface area (Å²) in [5.41, 5.74) is 6.36. The molecule has 0 saturated carbocycles. The van der Waals surface area contributed by atoms with Gasteiger partial charge in [-0.3, -0.25) is 4.79 Å². The Morgan fingerprint density at radius 3 is 2.59 bits per heavy atom. The second-order valence-corrected chi connectivity index (χ2v) is 9.68. The van der Waals surface area contributed by atoms with Gasteiger partial charge in [0.25, 0.3) is 5.91 Å². The van der Waals surface area contributed by atoms with E-state index in [1.54, 1.807) is 7.11 Å². The fraction of sp³-hybridized carbons (Fsp3) is 0.308. The normalized spacial score (nSPS) is 19.8. The number of carbonyl (C=O) groups is 1. The van der Waals surface area contributed by atoms with E-state index in [4.69, 9.17) is 4.74 Å². The average molecular weight is 448 g/mol. The third-order valence-electron chi connectivity index (χ3n) is 6.08. The molecule has 2 aliphatic rings. The Kier molecular flexibility index (Phi) is 5.91. The van der Waals surface area contributed by atoms with Crippen LogP contribution in [0.2, 0.25) is 0 Å². The minimum absolute atomic E-state index is 0.0794. The Morgan fingerprint density at radius 1 is 1.22 bits per heavy atom. The number of hydrogen-bond donors (Lipinski definition) is 1. The SMILES string of the molecule is CCc1ccc(N=C2NC(=O)/C(=C\c3cc4c(cc3OC)N(C)C(C)(C)C=C4C)S2)cc1. The van der Waals surface area contributed by atoms with Crippen molar-refractivity contribution in [2.24, 2.45) is 4.99 Å². The van der Waals surface area contributed by atoms with Crippen LogP contribution in [0.15, 0.2) is 52.4 Å². The Balaban J connectivity index is 1.67. The van der Waals surface area contributed by atoms with Crippen LogP contribution < -0.4 is 15.0 Å². The zero-order chi connectivity index (χ0) is 23.0. The van der Waals surface area contributed by atoms with Gasteiger partial charge in [0.1, 0.15) is 5.75 Å². The summed E-state index contributed by atoms with van der Waals surface area (Å²) in [7, 11) is 3.75. The van der Waals surface area contributed by atoms with Crippen molar-refractivity contribution in [3.63, 3.8) is 0 Å². The number of aliphatic imine (C=N–C) groups is 1. The van der Waals surface area contributed by atoms with Gasteiger partial charge < -0.3 is 15.0 Å². The number of benzene rings is 2. The van der Waals surface area contributed by atoms with Gasteiger partial charge in [-0.25, -0.2) is 4.99 Å². The lowest BCUT2D eigenvalue weighted by Gasteiger charge is -2.41. The zero-order valence-corrected chi connectivity index (χ0v) is 20.3. The lowest BCUT2D eigenvalue weighted by Crippen LogP contribution is -2.42. The van der Waals surface area contributed by atoms with Crippen LogP contribution in [0.1, 0.15) is 44.4 Å². The van der Waals surface area contributed by atoms with Gasteiger partial charge in [-0.1, -0.05) is 25.1 Å². The van der Waals surface area contributed by atoms with E-state index in [1.165, 1.54) is 22.9 Å². The van der Waals surface area contributed by atoms with Gasteiger partial charge in [-0.2, -0.15) is 0 Å². The van der Waals surface area contributed by atoms with Crippen LogP contribution in [0, 0.1) is 0 Å². The largest absolute Gasteiger partial charge is 0.496 e. The maximum absolute atomic E-state index is 12.6. The van der Waals surface area contributed by atoms with Crippen molar-refractivity contribution in [1.29, 1.82) is 0 Å². The van der Waals surface area contributed by atoms with Crippen LogP contribution in [-0.4, -0.2) is 30.8 Å². The fourth-order valence-electron chi connectivity index (χ4n) is 4.03. The third kappa shape index (κ3) is 4.19. The second-order valence-electron chi connectivity index (χ2n) is 8.65. The number of nitrogens with zero attached hydrogens (tertiary/aromatic N) is 2. The van der Waals surface area contributed by atoms with Gasteiger partial charge in [-0.15, -0.1) is 0 Å². The molecule has 4 rings (SSSR count). The third-order valence-corrected chi connectivity index (χ3v) is 6.99. The van der Waals surface area contributed by atoms with Crippen LogP contribution in [0.4, 0.5) is 11.4 Å². The highest BCUT2D eigenvalue weighted by atomic mass is 32.2. The van der Waals surface area contributed by atoms with Crippen molar-refractivity contribution in [2.75, 3.05) is 19.1 Å². The lowest BCUT2D eigenvalue weighted by molar-refractivity contribution is -0.115. The van der Waals surface area contributed by atoms with Crippen LogP contribution in [0.5, 0.6) is 5.75 Å². The molecule has 1 fully saturated rings. The van der Waals surface area contributed by atoms with Gasteiger partial charge >= 0.3 is 0 Å². The number of allylic oxidation sites excluding steroid dienone is 1. The number of hydrogen-bond acceptors (Lipinski definition) is 5. The first kappa shape index (κ1) is 22.2. The predicted molar refractivity (Wildman–Crippen MR) is 136 cm³/mol. The average Bonchev–Trinajstić information content (AvgIpc) is 3.10. The first-order chi connectivity index (χ1) is 15.2. The molecule has 1 N–H and O–H groups in total. The van der Waals surface area contributed by atoms with Crippen molar-refractivity contribution in [1.82, 2.24) is 5.32 Å². The summed E-state index contributed by atoms with van der Waals surface area (Å²) in [6, 6.07) is 12.2. The molecule has 0 aromatic heterocycles. The molecular weight excluding hydrogens is 418 g/mol. The van der Waals surface area contributed by atoms with E-state index < -0.39 is 0 Å². The number of methoxy groups -OCH3 is 1.